The van der Waals surface area contributed by atoms with Crippen LogP contribution in [0.25, 0.3) is 6.08 Å². The first-order valence-corrected chi connectivity index (χ1v) is 7.14. The van der Waals surface area contributed by atoms with Crippen molar-refractivity contribution in [1.82, 2.24) is 4.90 Å². The van der Waals surface area contributed by atoms with E-state index in [0.717, 1.165) is 5.56 Å². The molecule has 0 heterocycles. The SMILES string of the molecule is CC(C)(C)N(CCC(N)=S)C(=O)/C=C/c1ccc(F)cc1. The van der Waals surface area contributed by atoms with Crippen LogP contribution >= 0.6 is 12.2 Å². The lowest BCUT2D eigenvalue weighted by atomic mass is 10.1. The molecule has 0 fully saturated rings. The van der Waals surface area contributed by atoms with Crippen molar-refractivity contribution in [2.45, 2.75) is 32.7 Å². The zero-order valence-corrected chi connectivity index (χ0v) is 13.4. The van der Waals surface area contributed by atoms with Gasteiger partial charge in [0, 0.05) is 24.6 Å². The predicted octanol–water partition coefficient (Wildman–Crippen LogP) is 3.14. The fraction of sp³-hybridized carbons (Fsp3) is 0.375. The standard InChI is InChI=1S/C16H21FN2OS/c1-16(2,3)19(11-10-14(18)21)15(20)9-6-12-4-7-13(17)8-5-12/h4-9H,10-11H2,1-3H3,(H2,18,21)/b9-6+. The van der Waals surface area contributed by atoms with Crippen LogP contribution in [0.4, 0.5) is 4.39 Å². The fourth-order valence-corrected chi connectivity index (χ4v) is 1.92. The zero-order valence-electron chi connectivity index (χ0n) is 12.6. The molecule has 0 unspecified atom stereocenters. The molecule has 0 saturated heterocycles. The fourth-order valence-electron chi connectivity index (χ4n) is 1.83. The minimum Gasteiger partial charge on any atom is -0.393 e. The summed E-state index contributed by atoms with van der Waals surface area (Å²) in [5.74, 6) is -0.422. The molecule has 0 atom stereocenters. The molecule has 0 aromatic heterocycles. The van der Waals surface area contributed by atoms with E-state index in [1.807, 2.05) is 20.8 Å². The summed E-state index contributed by atoms with van der Waals surface area (Å²) in [6, 6.07) is 5.96. The Balaban J connectivity index is 2.80. The molecule has 0 saturated carbocycles. The van der Waals surface area contributed by atoms with Gasteiger partial charge in [-0.25, -0.2) is 4.39 Å². The van der Waals surface area contributed by atoms with E-state index in [9.17, 15) is 9.18 Å². The first-order valence-electron chi connectivity index (χ1n) is 6.73. The van der Waals surface area contributed by atoms with Crippen LogP contribution in [0.1, 0.15) is 32.8 Å². The molecule has 1 aromatic carbocycles. The van der Waals surface area contributed by atoms with Crippen molar-refractivity contribution < 1.29 is 9.18 Å². The van der Waals surface area contributed by atoms with Crippen molar-refractivity contribution in [2.75, 3.05) is 6.54 Å². The van der Waals surface area contributed by atoms with Crippen LogP contribution in [0.15, 0.2) is 30.3 Å². The number of rotatable bonds is 5. The second-order valence-electron chi connectivity index (χ2n) is 5.76. The molecule has 5 heteroatoms. The second-order valence-corrected chi connectivity index (χ2v) is 6.29. The molecule has 2 N–H and O–H groups in total. The summed E-state index contributed by atoms with van der Waals surface area (Å²) in [6.07, 6.45) is 3.64. The van der Waals surface area contributed by atoms with E-state index in [0.29, 0.717) is 18.0 Å². The Bertz CT molecular complexity index is 532. The number of nitrogens with two attached hydrogens (primary N) is 1. The molecule has 1 amide bonds. The number of carbonyl (C=O) groups excluding carboxylic acids is 1. The maximum absolute atomic E-state index is 12.8. The highest BCUT2D eigenvalue weighted by Gasteiger charge is 2.24. The number of benzene rings is 1. The molecule has 0 bridgehead atoms. The van der Waals surface area contributed by atoms with Crippen LogP contribution in [0.5, 0.6) is 0 Å². The Hall–Kier alpha value is -1.75. The third-order valence-corrected chi connectivity index (χ3v) is 3.15. The first kappa shape index (κ1) is 17.3. The van der Waals surface area contributed by atoms with Gasteiger partial charge in [-0.3, -0.25) is 4.79 Å². The molecule has 114 valence electrons. The van der Waals surface area contributed by atoms with Gasteiger partial charge in [-0.1, -0.05) is 24.4 Å². The minimum atomic E-state index is -0.324. The maximum Gasteiger partial charge on any atom is 0.247 e. The molecular weight excluding hydrogens is 287 g/mol. The quantitative estimate of drug-likeness (QED) is 0.671. The number of halogens is 1. The Morgan fingerprint density at radius 1 is 1.33 bits per heavy atom. The van der Waals surface area contributed by atoms with Gasteiger partial charge < -0.3 is 10.6 Å². The summed E-state index contributed by atoms with van der Waals surface area (Å²) < 4.78 is 12.8. The highest BCUT2D eigenvalue weighted by atomic mass is 32.1. The molecule has 0 spiro atoms. The number of hydrogen-bond acceptors (Lipinski definition) is 2. The van der Waals surface area contributed by atoms with E-state index in [1.165, 1.54) is 18.2 Å². The van der Waals surface area contributed by atoms with E-state index >= 15 is 0 Å². The summed E-state index contributed by atoms with van der Waals surface area (Å²) in [5, 5.41) is 0. The number of thiocarbonyl (C=S) groups is 1. The summed E-state index contributed by atoms with van der Waals surface area (Å²) >= 11 is 4.86. The largest absolute Gasteiger partial charge is 0.393 e. The van der Waals surface area contributed by atoms with Gasteiger partial charge in [0.05, 0.1) is 4.99 Å². The summed E-state index contributed by atoms with van der Waals surface area (Å²) in [6.45, 7) is 6.34. The molecule has 0 aliphatic rings. The lowest BCUT2D eigenvalue weighted by molar-refractivity contribution is -0.130. The van der Waals surface area contributed by atoms with Gasteiger partial charge in [0.15, 0.2) is 0 Å². The number of carbonyl (C=O) groups is 1. The van der Waals surface area contributed by atoms with Gasteiger partial charge in [-0.2, -0.15) is 0 Å². The van der Waals surface area contributed by atoms with Gasteiger partial charge in [0.2, 0.25) is 5.91 Å². The molecule has 21 heavy (non-hydrogen) atoms. The third kappa shape index (κ3) is 6.04. The van der Waals surface area contributed by atoms with E-state index in [-0.39, 0.29) is 17.3 Å². The Morgan fingerprint density at radius 2 is 1.90 bits per heavy atom. The summed E-state index contributed by atoms with van der Waals surface area (Å²) in [7, 11) is 0. The van der Waals surface area contributed by atoms with Crippen molar-refractivity contribution in [1.29, 1.82) is 0 Å². The summed E-state index contributed by atoms with van der Waals surface area (Å²) in [5.41, 5.74) is 5.95. The van der Waals surface area contributed by atoms with Gasteiger partial charge in [0.25, 0.3) is 0 Å². The maximum atomic E-state index is 12.8. The van der Waals surface area contributed by atoms with Gasteiger partial charge in [-0.05, 0) is 44.5 Å². The van der Waals surface area contributed by atoms with Crippen molar-refractivity contribution in [3.63, 3.8) is 0 Å². The Morgan fingerprint density at radius 3 is 2.38 bits per heavy atom. The average molecular weight is 308 g/mol. The zero-order chi connectivity index (χ0) is 16.0. The van der Waals surface area contributed by atoms with Crippen LogP contribution in [0.3, 0.4) is 0 Å². The summed E-state index contributed by atoms with van der Waals surface area (Å²) in [4.78, 5) is 14.4. The molecule has 0 radical (unpaired) electrons. The normalized spacial score (nSPS) is 11.6. The Kier molecular flexibility index (Phi) is 6.03. The average Bonchev–Trinajstić information content (AvgIpc) is 2.36. The highest BCUT2D eigenvalue weighted by molar-refractivity contribution is 7.80. The minimum absolute atomic E-state index is 0.122. The van der Waals surface area contributed by atoms with Gasteiger partial charge in [-0.15, -0.1) is 0 Å². The smallest absolute Gasteiger partial charge is 0.247 e. The molecule has 1 aromatic rings. The number of nitrogens with zero attached hydrogens (tertiary/aromatic N) is 1. The van der Waals surface area contributed by atoms with Crippen LogP contribution in [-0.2, 0) is 4.79 Å². The van der Waals surface area contributed by atoms with Crippen molar-refractivity contribution in [3.05, 3.63) is 41.7 Å². The lowest BCUT2D eigenvalue weighted by Gasteiger charge is -2.35. The van der Waals surface area contributed by atoms with Gasteiger partial charge in [0.1, 0.15) is 5.82 Å². The van der Waals surface area contributed by atoms with E-state index < -0.39 is 0 Å². The van der Waals surface area contributed by atoms with Crippen LogP contribution in [0.2, 0.25) is 0 Å². The van der Waals surface area contributed by atoms with Crippen LogP contribution in [0, 0.1) is 5.82 Å². The molecular formula is C16H21FN2OS. The topological polar surface area (TPSA) is 46.3 Å². The number of hydrogen-bond donors (Lipinski definition) is 1. The van der Waals surface area contributed by atoms with Crippen molar-refractivity contribution in [3.8, 4) is 0 Å². The van der Waals surface area contributed by atoms with E-state index in [4.69, 9.17) is 18.0 Å². The monoisotopic (exact) mass is 308 g/mol. The van der Waals surface area contributed by atoms with Crippen LogP contribution in [-0.4, -0.2) is 27.9 Å². The second kappa shape index (κ2) is 7.31. The van der Waals surface area contributed by atoms with Gasteiger partial charge >= 0.3 is 0 Å². The van der Waals surface area contributed by atoms with E-state index in [2.05, 4.69) is 0 Å². The molecule has 0 aliphatic heterocycles. The first-order chi connectivity index (χ1) is 9.70. The Labute approximate surface area is 130 Å². The molecule has 1 rings (SSSR count). The lowest BCUT2D eigenvalue weighted by Crippen LogP contribution is -2.46. The van der Waals surface area contributed by atoms with Crippen molar-refractivity contribution in [2.24, 2.45) is 5.73 Å². The molecule has 3 nitrogen and oxygen atoms in total. The third-order valence-electron chi connectivity index (χ3n) is 2.95. The van der Waals surface area contributed by atoms with Crippen molar-refractivity contribution >= 4 is 29.2 Å². The predicted molar refractivity (Wildman–Crippen MR) is 88.3 cm³/mol. The highest BCUT2D eigenvalue weighted by Crippen LogP contribution is 2.15. The number of amides is 1. The van der Waals surface area contributed by atoms with E-state index in [1.54, 1.807) is 23.1 Å². The molecule has 0 aliphatic carbocycles. The van der Waals surface area contributed by atoms with Crippen LogP contribution < -0.4 is 5.73 Å².